The van der Waals surface area contributed by atoms with Crippen molar-refractivity contribution >= 4 is 0 Å². The van der Waals surface area contributed by atoms with Crippen molar-refractivity contribution in [2.24, 2.45) is 0 Å². The molecule has 1 radical (unpaired) electrons. The Hall–Kier alpha value is -0.780. The molecule has 0 N–H and O–H groups in total. The van der Waals surface area contributed by atoms with Crippen LogP contribution < -0.4 is 0 Å². The third-order valence-electron chi connectivity index (χ3n) is 2.19. The van der Waals surface area contributed by atoms with Gasteiger partial charge >= 0.3 is 0 Å². The van der Waals surface area contributed by atoms with Gasteiger partial charge in [0.1, 0.15) is 0 Å². The molecule has 0 aromatic carbocycles. The zero-order valence-electron chi connectivity index (χ0n) is 8.34. The molecule has 71 valence electrons. The fraction of sp³-hybridized carbons (Fsp3) is 0.538. The van der Waals surface area contributed by atoms with Gasteiger partial charge in [-0.3, -0.25) is 0 Å². The van der Waals surface area contributed by atoms with Crippen LogP contribution in [0.3, 0.4) is 0 Å². The molecule has 0 fully saturated rings. The topological polar surface area (TPSA) is 0 Å². The smallest absolute Gasteiger partial charge is 0.0279 e. The molecule has 0 aromatic rings. The third kappa shape index (κ3) is 6.39. The quantitative estimate of drug-likeness (QED) is 0.517. The number of allylic oxidation sites excluding steroid dienone is 6. The molecule has 0 aromatic heterocycles. The van der Waals surface area contributed by atoms with Crippen molar-refractivity contribution < 1.29 is 0 Å². The van der Waals surface area contributed by atoms with Crippen molar-refractivity contribution in [3.8, 4) is 0 Å². The van der Waals surface area contributed by atoms with Crippen LogP contribution in [0.25, 0.3) is 0 Å². The van der Waals surface area contributed by atoms with Gasteiger partial charge in [0.05, 0.1) is 0 Å². The first-order valence-electron chi connectivity index (χ1n) is 5.37. The molecule has 1 aliphatic rings. The average Bonchev–Trinajstić information content (AvgIpc) is 2.18. The zero-order valence-corrected chi connectivity index (χ0v) is 8.34. The first-order chi connectivity index (χ1) is 6.50. The summed E-state index contributed by atoms with van der Waals surface area (Å²) < 4.78 is 0. The summed E-state index contributed by atoms with van der Waals surface area (Å²) in [7, 11) is 0. The van der Waals surface area contributed by atoms with E-state index < -0.39 is 0 Å². The van der Waals surface area contributed by atoms with Gasteiger partial charge in [0.2, 0.25) is 0 Å². The van der Waals surface area contributed by atoms with Crippen LogP contribution in [0.2, 0.25) is 0 Å². The van der Waals surface area contributed by atoms with Crippen LogP contribution in [-0.2, 0) is 0 Å². The molecule has 0 saturated carbocycles. The molecule has 1 aliphatic carbocycles. The second-order valence-corrected chi connectivity index (χ2v) is 3.44. The van der Waals surface area contributed by atoms with Gasteiger partial charge in [0.15, 0.2) is 0 Å². The Balaban J connectivity index is 2.28. The minimum atomic E-state index is 1.14. The van der Waals surface area contributed by atoms with E-state index >= 15 is 0 Å². The second kappa shape index (κ2) is 7.85. The van der Waals surface area contributed by atoms with Gasteiger partial charge in [0.25, 0.3) is 0 Å². The maximum Gasteiger partial charge on any atom is -0.0279 e. The van der Waals surface area contributed by atoms with Crippen LogP contribution in [0, 0.1) is 6.08 Å². The Morgan fingerprint density at radius 3 is 2.38 bits per heavy atom. The molecule has 0 heterocycles. The van der Waals surface area contributed by atoms with Gasteiger partial charge in [-0.25, -0.2) is 0 Å². The molecule has 0 bridgehead atoms. The first-order valence-corrected chi connectivity index (χ1v) is 5.37. The summed E-state index contributed by atoms with van der Waals surface area (Å²) in [5, 5.41) is 0. The summed E-state index contributed by atoms with van der Waals surface area (Å²) in [6, 6.07) is 0. The van der Waals surface area contributed by atoms with Gasteiger partial charge < -0.3 is 0 Å². The zero-order chi connectivity index (χ0) is 9.19. The van der Waals surface area contributed by atoms with Crippen LogP contribution in [-0.4, -0.2) is 0 Å². The van der Waals surface area contributed by atoms with E-state index in [2.05, 4.69) is 36.5 Å². The highest BCUT2D eigenvalue weighted by molar-refractivity contribution is 5.02. The molecule has 0 unspecified atom stereocenters. The fourth-order valence-corrected chi connectivity index (χ4v) is 1.38. The van der Waals surface area contributed by atoms with Crippen LogP contribution in [0.15, 0.2) is 30.4 Å². The van der Waals surface area contributed by atoms with Gasteiger partial charge in [0, 0.05) is 0 Å². The minimum absolute atomic E-state index is 1.14. The Kier molecular flexibility index (Phi) is 6.22. The van der Waals surface area contributed by atoms with Crippen molar-refractivity contribution in [3.63, 3.8) is 0 Å². The van der Waals surface area contributed by atoms with Crippen LogP contribution in [0.5, 0.6) is 0 Å². The molecule has 0 aliphatic heterocycles. The van der Waals surface area contributed by atoms with E-state index in [0.717, 1.165) is 6.42 Å². The molecular formula is C13H19. The Bertz CT molecular complexity index is 184. The largest absolute Gasteiger partial charge is 0.0845 e. The molecule has 13 heavy (non-hydrogen) atoms. The summed E-state index contributed by atoms with van der Waals surface area (Å²) in [5.41, 5.74) is 0. The Labute approximate surface area is 82.0 Å². The van der Waals surface area contributed by atoms with E-state index in [-0.39, 0.29) is 0 Å². The molecule has 0 spiro atoms. The van der Waals surface area contributed by atoms with E-state index in [1.54, 1.807) is 0 Å². The highest BCUT2D eigenvalue weighted by Gasteiger charge is 1.85. The van der Waals surface area contributed by atoms with Gasteiger partial charge in [-0.1, -0.05) is 30.4 Å². The molecular weight excluding hydrogens is 156 g/mol. The summed E-state index contributed by atoms with van der Waals surface area (Å²) in [4.78, 5) is 0. The highest BCUT2D eigenvalue weighted by atomic mass is 13.9. The third-order valence-corrected chi connectivity index (χ3v) is 2.19. The lowest BCUT2D eigenvalue weighted by Crippen LogP contribution is -1.73. The molecule has 0 saturated heterocycles. The Morgan fingerprint density at radius 2 is 1.54 bits per heavy atom. The lowest BCUT2D eigenvalue weighted by molar-refractivity contribution is 0.750. The van der Waals surface area contributed by atoms with Crippen molar-refractivity contribution in [1.82, 2.24) is 0 Å². The lowest BCUT2D eigenvalue weighted by Gasteiger charge is -1.91. The number of rotatable bonds is 0. The van der Waals surface area contributed by atoms with E-state index in [0.29, 0.717) is 0 Å². The minimum Gasteiger partial charge on any atom is -0.0845 e. The summed E-state index contributed by atoms with van der Waals surface area (Å²) in [5.74, 6) is 0. The SMILES string of the molecule is [C]1=CCCCC=CC=CCCCC1. The fourth-order valence-electron chi connectivity index (χ4n) is 1.38. The maximum absolute atomic E-state index is 3.35. The summed E-state index contributed by atoms with van der Waals surface area (Å²) in [6.45, 7) is 0. The predicted molar refractivity (Wildman–Crippen MR) is 58.4 cm³/mol. The van der Waals surface area contributed by atoms with Crippen molar-refractivity contribution in [3.05, 3.63) is 36.5 Å². The Morgan fingerprint density at radius 1 is 0.769 bits per heavy atom. The monoisotopic (exact) mass is 175 g/mol. The van der Waals surface area contributed by atoms with Gasteiger partial charge in [-0.2, -0.15) is 0 Å². The van der Waals surface area contributed by atoms with E-state index in [1.165, 1.54) is 38.5 Å². The normalized spacial score (nSPS) is 20.3. The van der Waals surface area contributed by atoms with Gasteiger partial charge in [-0.15, -0.1) is 0 Å². The van der Waals surface area contributed by atoms with Crippen LogP contribution in [0.4, 0.5) is 0 Å². The molecule has 0 heteroatoms. The summed E-state index contributed by atoms with van der Waals surface area (Å²) in [6.07, 6.45) is 23.0. The van der Waals surface area contributed by atoms with E-state index in [9.17, 15) is 0 Å². The molecule has 1 rings (SSSR count). The van der Waals surface area contributed by atoms with Crippen molar-refractivity contribution in [1.29, 1.82) is 0 Å². The molecule has 0 amide bonds. The maximum atomic E-state index is 3.35. The van der Waals surface area contributed by atoms with Gasteiger partial charge in [-0.05, 0) is 51.0 Å². The van der Waals surface area contributed by atoms with Crippen molar-refractivity contribution in [2.75, 3.05) is 0 Å². The van der Waals surface area contributed by atoms with Crippen LogP contribution in [0.1, 0.15) is 44.9 Å². The lowest BCUT2D eigenvalue weighted by atomic mass is 10.1. The second-order valence-electron chi connectivity index (χ2n) is 3.44. The predicted octanol–water partition coefficient (Wildman–Crippen LogP) is 4.20. The van der Waals surface area contributed by atoms with E-state index in [1.807, 2.05) is 0 Å². The average molecular weight is 175 g/mol. The standard InChI is InChI=1S/C13H19/c1-2-4-6-8-10-12-13-11-9-7-5-3-1/h1-4,11H,5-10,12H2. The molecule has 0 atom stereocenters. The first kappa shape index (κ1) is 10.3. The molecule has 0 nitrogen and oxygen atoms in total. The van der Waals surface area contributed by atoms with Crippen molar-refractivity contribution in [2.45, 2.75) is 44.9 Å². The summed E-state index contributed by atoms with van der Waals surface area (Å²) >= 11 is 0. The van der Waals surface area contributed by atoms with E-state index in [4.69, 9.17) is 0 Å². The number of hydrogen-bond acceptors (Lipinski definition) is 0. The highest BCUT2D eigenvalue weighted by Crippen LogP contribution is 2.04. The number of hydrogen-bond donors (Lipinski definition) is 0. The van der Waals surface area contributed by atoms with Crippen LogP contribution >= 0.6 is 0 Å².